The highest BCUT2D eigenvalue weighted by atomic mass is 19.1. The summed E-state index contributed by atoms with van der Waals surface area (Å²) in [6, 6.07) is 3.90. The molecule has 126 valence electrons. The minimum Gasteiger partial charge on any atom is -0.494 e. The van der Waals surface area contributed by atoms with E-state index in [-0.39, 0.29) is 29.9 Å². The average Bonchev–Trinajstić information content (AvgIpc) is 2.54. The van der Waals surface area contributed by atoms with E-state index in [1.165, 1.54) is 25.7 Å². The maximum absolute atomic E-state index is 13.5. The van der Waals surface area contributed by atoms with Crippen molar-refractivity contribution in [3.63, 3.8) is 0 Å². The van der Waals surface area contributed by atoms with Crippen LogP contribution in [0, 0.1) is 11.7 Å². The first-order chi connectivity index (χ1) is 11.0. The molecule has 0 aliphatic heterocycles. The summed E-state index contributed by atoms with van der Waals surface area (Å²) >= 11 is 0. The van der Waals surface area contributed by atoms with Crippen LogP contribution in [0.4, 0.5) is 4.39 Å². The van der Waals surface area contributed by atoms with Crippen LogP contribution in [0.25, 0.3) is 0 Å². The molecule has 1 amide bonds. The molecule has 1 saturated carbocycles. The van der Waals surface area contributed by atoms with Crippen molar-refractivity contribution < 1.29 is 23.5 Å². The first-order valence-corrected chi connectivity index (χ1v) is 7.81. The Morgan fingerprint density at radius 1 is 1.30 bits per heavy atom. The van der Waals surface area contributed by atoms with Crippen molar-refractivity contribution in [1.29, 1.82) is 0 Å². The molecule has 1 fully saturated rings. The number of rotatable bonds is 5. The van der Waals surface area contributed by atoms with Gasteiger partial charge in [0.25, 0.3) is 5.91 Å². The van der Waals surface area contributed by atoms with Crippen LogP contribution in [-0.2, 0) is 9.53 Å². The number of halogens is 1. The lowest BCUT2D eigenvalue weighted by Gasteiger charge is -2.29. The van der Waals surface area contributed by atoms with E-state index in [2.05, 4.69) is 12.2 Å². The molecule has 1 aromatic carbocycles. The fourth-order valence-electron chi connectivity index (χ4n) is 2.79. The Kier molecular flexibility index (Phi) is 5.96. The molecule has 23 heavy (non-hydrogen) atoms. The van der Waals surface area contributed by atoms with Crippen LogP contribution in [0.15, 0.2) is 18.2 Å². The van der Waals surface area contributed by atoms with Crippen molar-refractivity contribution in [2.24, 2.45) is 5.92 Å². The number of methoxy groups -OCH3 is 1. The highest BCUT2D eigenvalue weighted by Crippen LogP contribution is 2.23. The fraction of sp³-hybridized carbons (Fsp3) is 0.529. The minimum absolute atomic E-state index is 0.0436. The van der Waals surface area contributed by atoms with E-state index in [0.717, 1.165) is 25.3 Å². The zero-order chi connectivity index (χ0) is 16.8. The molecule has 2 rings (SSSR count). The minimum atomic E-state index is -0.738. The van der Waals surface area contributed by atoms with Gasteiger partial charge in [0.15, 0.2) is 18.2 Å². The van der Waals surface area contributed by atoms with Gasteiger partial charge in [-0.2, -0.15) is 0 Å². The Bertz CT molecular complexity index is 576. The lowest BCUT2D eigenvalue weighted by molar-refractivity contribution is -0.125. The lowest BCUT2D eigenvalue weighted by Crippen LogP contribution is -2.42. The predicted molar refractivity (Wildman–Crippen MR) is 82.8 cm³/mol. The molecule has 0 aromatic heterocycles. The third-order valence-corrected chi connectivity index (χ3v) is 4.18. The Morgan fingerprint density at radius 3 is 2.70 bits per heavy atom. The Morgan fingerprint density at radius 2 is 2.04 bits per heavy atom. The molecule has 0 bridgehead atoms. The predicted octanol–water partition coefficient (Wildman–Crippen LogP) is 2.69. The number of hydrogen-bond acceptors (Lipinski definition) is 4. The van der Waals surface area contributed by atoms with Gasteiger partial charge in [0, 0.05) is 6.04 Å². The van der Waals surface area contributed by atoms with Gasteiger partial charge in [-0.1, -0.05) is 19.8 Å². The Hall–Kier alpha value is -2.11. The third-order valence-electron chi connectivity index (χ3n) is 4.18. The normalized spacial score (nSPS) is 20.7. The molecule has 0 unspecified atom stereocenters. The quantitative estimate of drug-likeness (QED) is 0.846. The summed E-state index contributed by atoms with van der Waals surface area (Å²) in [6.45, 7) is 1.74. The smallest absolute Gasteiger partial charge is 0.338 e. The van der Waals surface area contributed by atoms with Crippen LogP contribution in [0.3, 0.4) is 0 Å². The number of amides is 1. The van der Waals surface area contributed by atoms with Crippen LogP contribution < -0.4 is 10.1 Å². The van der Waals surface area contributed by atoms with Crippen LogP contribution in [0.2, 0.25) is 0 Å². The zero-order valence-corrected chi connectivity index (χ0v) is 13.4. The molecule has 0 radical (unpaired) electrons. The van der Waals surface area contributed by atoms with Crippen molar-refractivity contribution in [2.45, 2.75) is 38.6 Å². The number of esters is 1. The summed E-state index contributed by atoms with van der Waals surface area (Å²) in [4.78, 5) is 23.7. The first kappa shape index (κ1) is 17.2. The number of hydrogen-bond donors (Lipinski definition) is 1. The maximum atomic E-state index is 13.5. The van der Waals surface area contributed by atoms with Gasteiger partial charge < -0.3 is 14.8 Å². The van der Waals surface area contributed by atoms with E-state index in [9.17, 15) is 14.0 Å². The van der Waals surface area contributed by atoms with Crippen molar-refractivity contribution in [1.82, 2.24) is 5.32 Å². The molecule has 1 aliphatic carbocycles. The first-order valence-electron chi connectivity index (χ1n) is 7.81. The van der Waals surface area contributed by atoms with Crippen LogP contribution in [0.1, 0.15) is 43.0 Å². The second kappa shape index (κ2) is 7.94. The van der Waals surface area contributed by atoms with E-state index >= 15 is 0 Å². The Balaban J connectivity index is 1.83. The molecule has 0 saturated heterocycles. The largest absolute Gasteiger partial charge is 0.494 e. The average molecular weight is 323 g/mol. The van der Waals surface area contributed by atoms with Gasteiger partial charge in [0.1, 0.15) is 0 Å². The van der Waals surface area contributed by atoms with Gasteiger partial charge in [0.05, 0.1) is 12.7 Å². The number of benzene rings is 1. The molecule has 0 spiro atoms. The topological polar surface area (TPSA) is 64.6 Å². The van der Waals surface area contributed by atoms with E-state index in [4.69, 9.17) is 9.47 Å². The summed E-state index contributed by atoms with van der Waals surface area (Å²) in [5.41, 5.74) is 0.0436. The highest BCUT2D eigenvalue weighted by molar-refractivity contribution is 5.91. The van der Waals surface area contributed by atoms with Gasteiger partial charge in [0.2, 0.25) is 0 Å². The maximum Gasteiger partial charge on any atom is 0.338 e. The summed E-state index contributed by atoms with van der Waals surface area (Å²) in [6.07, 6.45) is 4.33. The molecular weight excluding hydrogens is 301 g/mol. The zero-order valence-electron chi connectivity index (χ0n) is 13.4. The van der Waals surface area contributed by atoms with Gasteiger partial charge >= 0.3 is 5.97 Å². The standard InChI is InChI=1S/C17H22FNO4/c1-11-5-3-4-6-14(11)19-16(20)10-23-17(21)12-7-8-15(22-2)13(18)9-12/h7-9,11,14H,3-6,10H2,1-2H3,(H,19,20)/t11-,14-/m0/s1. The van der Waals surface area contributed by atoms with Crippen LogP contribution in [0.5, 0.6) is 5.75 Å². The van der Waals surface area contributed by atoms with Crippen molar-refractivity contribution in [3.05, 3.63) is 29.6 Å². The Labute approximate surface area is 135 Å². The van der Waals surface area contributed by atoms with E-state index in [1.54, 1.807) is 0 Å². The molecule has 5 nitrogen and oxygen atoms in total. The van der Waals surface area contributed by atoms with E-state index in [0.29, 0.717) is 5.92 Å². The second-order valence-corrected chi connectivity index (χ2v) is 5.86. The number of carbonyl (C=O) groups is 2. The summed E-state index contributed by atoms with van der Waals surface area (Å²) in [7, 11) is 1.34. The summed E-state index contributed by atoms with van der Waals surface area (Å²) < 4.78 is 23.3. The van der Waals surface area contributed by atoms with E-state index < -0.39 is 11.8 Å². The second-order valence-electron chi connectivity index (χ2n) is 5.86. The van der Waals surface area contributed by atoms with Crippen LogP contribution >= 0.6 is 0 Å². The summed E-state index contributed by atoms with van der Waals surface area (Å²) in [5.74, 6) is -1.24. The number of carbonyl (C=O) groups excluding carboxylic acids is 2. The molecular formula is C17H22FNO4. The fourth-order valence-corrected chi connectivity index (χ4v) is 2.79. The van der Waals surface area contributed by atoms with Crippen LogP contribution in [-0.4, -0.2) is 31.6 Å². The van der Waals surface area contributed by atoms with Gasteiger partial charge in [-0.3, -0.25) is 4.79 Å². The SMILES string of the molecule is COc1ccc(C(=O)OCC(=O)N[C@H]2CCCC[C@@H]2C)cc1F. The van der Waals surface area contributed by atoms with Crippen molar-refractivity contribution in [2.75, 3.05) is 13.7 Å². The molecule has 2 atom stereocenters. The molecule has 1 aromatic rings. The molecule has 1 N–H and O–H groups in total. The molecule has 0 heterocycles. The van der Waals surface area contributed by atoms with Gasteiger partial charge in [-0.15, -0.1) is 0 Å². The summed E-state index contributed by atoms with van der Waals surface area (Å²) in [5, 5.41) is 2.89. The number of ether oxygens (including phenoxy) is 2. The monoisotopic (exact) mass is 323 g/mol. The highest BCUT2D eigenvalue weighted by Gasteiger charge is 2.23. The van der Waals surface area contributed by atoms with Crippen molar-refractivity contribution in [3.8, 4) is 5.75 Å². The van der Waals surface area contributed by atoms with Crippen molar-refractivity contribution >= 4 is 11.9 Å². The lowest BCUT2D eigenvalue weighted by atomic mass is 9.86. The van der Waals surface area contributed by atoms with E-state index in [1.807, 2.05) is 0 Å². The molecule has 1 aliphatic rings. The molecule has 6 heteroatoms. The van der Waals surface area contributed by atoms with Gasteiger partial charge in [-0.25, -0.2) is 9.18 Å². The third kappa shape index (κ3) is 4.68. The number of nitrogens with one attached hydrogen (secondary N) is 1. The van der Waals surface area contributed by atoms with Gasteiger partial charge in [-0.05, 0) is 37.0 Å².